The van der Waals surface area contributed by atoms with E-state index in [4.69, 9.17) is 4.74 Å². The first-order valence-corrected chi connectivity index (χ1v) is 3.86. The predicted octanol–water partition coefficient (Wildman–Crippen LogP) is 2.38. The average molecular weight is 140 g/mol. The fourth-order valence-electron chi connectivity index (χ4n) is 1.48. The van der Waals surface area contributed by atoms with Gasteiger partial charge in [0, 0.05) is 7.11 Å². The highest BCUT2D eigenvalue weighted by Crippen LogP contribution is 2.32. The van der Waals surface area contributed by atoms with Crippen LogP contribution in [0.5, 0.6) is 0 Å². The highest BCUT2D eigenvalue weighted by Gasteiger charge is 2.28. The van der Waals surface area contributed by atoms with Crippen LogP contribution in [0.1, 0.15) is 26.7 Å². The van der Waals surface area contributed by atoms with Gasteiger partial charge in [-0.05, 0) is 18.3 Å². The van der Waals surface area contributed by atoms with Gasteiger partial charge >= 0.3 is 0 Å². The van der Waals surface area contributed by atoms with Crippen LogP contribution in [0.3, 0.4) is 0 Å². The van der Waals surface area contributed by atoms with Crippen LogP contribution >= 0.6 is 0 Å². The third kappa shape index (κ3) is 1.40. The van der Waals surface area contributed by atoms with Gasteiger partial charge in [-0.2, -0.15) is 0 Å². The maximum Gasteiger partial charge on any atom is 0.0803 e. The Balaban J connectivity index is 2.66. The summed E-state index contributed by atoms with van der Waals surface area (Å²) in [4.78, 5) is 0. The number of rotatable bonds is 1. The van der Waals surface area contributed by atoms with E-state index in [0.717, 1.165) is 0 Å². The van der Waals surface area contributed by atoms with Crippen molar-refractivity contribution in [2.75, 3.05) is 7.11 Å². The molecule has 0 bridgehead atoms. The van der Waals surface area contributed by atoms with Crippen molar-refractivity contribution in [3.8, 4) is 0 Å². The fraction of sp³-hybridized carbons (Fsp3) is 0.778. The Morgan fingerprint density at radius 2 is 2.20 bits per heavy atom. The topological polar surface area (TPSA) is 9.23 Å². The zero-order valence-corrected chi connectivity index (χ0v) is 7.05. The predicted molar refractivity (Wildman–Crippen MR) is 43.0 cm³/mol. The molecule has 1 aliphatic carbocycles. The highest BCUT2D eigenvalue weighted by molar-refractivity contribution is 5.02. The zero-order valence-electron chi connectivity index (χ0n) is 7.05. The molecule has 0 N–H and O–H groups in total. The molecule has 1 nitrogen and oxygen atoms in total. The minimum Gasteiger partial charge on any atom is -0.377 e. The van der Waals surface area contributed by atoms with Gasteiger partial charge in [-0.1, -0.05) is 26.0 Å². The molecule has 1 heteroatoms. The van der Waals surface area contributed by atoms with E-state index in [1.165, 1.54) is 12.8 Å². The normalized spacial score (nSPS) is 30.5. The molecule has 1 unspecified atom stereocenters. The van der Waals surface area contributed by atoms with E-state index in [0.29, 0.717) is 11.5 Å². The maximum atomic E-state index is 5.32. The van der Waals surface area contributed by atoms with Crippen LogP contribution in [0.25, 0.3) is 0 Å². The molecule has 0 heterocycles. The molecule has 0 fully saturated rings. The smallest absolute Gasteiger partial charge is 0.0803 e. The average Bonchev–Trinajstić information content (AvgIpc) is 1.87. The van der Waals surface area contributed by atoms with Crippen molar-refractivity contribution in [1.29, 1.82) is 0 Å². The van der Waals surface area contributed by atoms with Crippen molar-refractivity contribution in [2.24, 2.45) is 5.41 Å². The summed E-state index contributed by atoms with van der Waals surface area (Å²) < 4.78 is 5.32. The van der Waals surface area contributed by atoms with E-state index in [2.05, 4.69) is 26.0 Å². The molecule has 1 atom stereocenters. The molecular weight excluding hydrogens is 124 g/mol. The van der Waals surface area contributed by atoms with E-state index in [9.17, 15) is 0 Å². The Hall–Kier alpha value is -0.300. The quantitative estimate of drug-likeness (QED) is 0.508. The van der Waals surface area contributed by atoms with Gasteiger partial charge in [0.1, 0.15) is 0 Å². The number of ether oxygens (including phenoxy) is 1. The van der Waals surface area contributed by atoms with Crippen molar-refractivity contribution in [2.45, 2.75) is 32.8 Å². The van der Waals surface area contributed by atoms with E-state index in [1.54, 1.807) is 7.11 Å². The SMILES string of the molecule is COC1C=CCCC1(C)C. The fourth-order valence-corrected chi connectivity index (χ4v) is 1.48. The molecule has 0 aromatic rings. The van der Waals surface area contributed by atoms with Gasteiger partial charge in [0.05, 0.1) is 6.10 Å². The standard InChI is InChI=1S/C9H16O/c1-9(2)7-5-4-6-8(9)10-3/h4,6,8H,5,7H2,1-3H3. The summed E-state index contributed by atoms with van der Waals surface area (Å²) in [5, 5.41) is 0. The van der Waals surface area contributed by atoms with Crippen molar-refractivity contribution in [3.63, 3.8) is 0 Å². The highest BCUT2D eigenvalue weighted by atomic mass is 16.5. The molecule has 0 aliphatic heterocycles. The van der Waals surface area contributed by atoms with Crippen LogP contribution in [0.4, 0.5) is 0 Å². The molecule has 1 aliphatic rings. The molecule has 0 radical (unpaired) electrons. The summed E-state index contributed by atoms with van der Waals surface area (Å²) in [5.41, 5.74) is 0.337. The van der Waals surface area contributed by atoms with Gasteiger partial charge in [-0.25, -0.2) is 0 Å². The van der Waals surface area contributed by atoms with Crippen LogP contribution in [-0.2, 0) is 4.74 Å². The Morgan fingerprint density at radius 1 is 1.50 bits per heavy atom. The van der Waals surface area contributed by atoms with Crippen molar-refractivity contribution < 1.29 is 4.74 Å². The molecule has 10 heavy (non-hydrogen) atoms. The Kier molecular flexibility index (Phi) is 2.14. The van der Waals surface area contributed by atoms with E-state index in [1.807, 2.05) is 0 Å². The largest absolute Gasteiger partial charge is 0.377 e. The molecule has 0 aromatic heterocycles. The number of methoxy groups -OCH3 is 1. The summed E-state index contributed by atoms with van der Waals surface area (Å²) in [7, 11) is 1.78. The van der Waals surface area contributed by atoms with Gasteiger partial charge in [-0.15, -0.1) is 0 Å². The molecule has 1 rings (SSSR count). The number of hydrogen-bond acceptors (Lipinski definition) is 1. The second kappa shape index (κ2) is 2.75. The number of allylic oxidation sites excluding steroid dienone is 1. The van der Waals surface area contributed by atoms with Gasteiger partial charge in [0.15, 0.2) is 0 Å². The summed E-state index contributed by atoms with van der Waals surface area (Å²) in [6.45, 7) is 4.51. The molecule has 0 spiro atoms. The minimum atomic E-state index is 0.321. The summed E-state index contributed by atoms with van der Waals surface area (Å²) in [5.74, 6) is 0. The van der Waals surface area contributed by atoms with Gasteiger partial charge < -0.3 is 4.74 Å². The summed E-state index contributed by atoms with van der Waals surface area (Å²) in [6, 6.07) is 0. The summed E-state index contributed by atoms with van der Waals surface area (Å²) in [6.07, 6.45) is 7.14. The lowest BCUT2D eigenvalue weighted by Crippen LogP contribution is -2.31. The van der Waals surface area contributed by atoms with Crippen molar-refractivity contribution >= 4 is 0 Å². The first-order chi connectivity index (χ1) is 4.67. The molecule has 0 aromatic carbocycles. The third-order valence-corrected chi connectivity index (χ3v) is 2.29. The Bertz CT molecular complexity index is 136. The van der Waals surface area contributed by atoms with Crippen LogP contribution in [0.2, 0.25) is 0 Å². The minimum absolute atomic E-state index is 0.321. The van der Waals surface area contributed by atoms with Crippen LogP contribution in [0.15, 0.2) is 12.2 Å². The zero-order chi connectivity index (χ0) is 7.61. The first-order valence-electron chi connectivity index (χ1n) is 3.86. The second-order valence-electron chi connectivity index (χ2n) is 3.61. The molecule has 0 saturated heterocycles. The van der Waals surface area contributed by atoms with Gasteiger partial charge in [0.25, 0.3) is 0 Å². The molecule has 0 saturated carbocycles. The Morgan fingerprint density at radius 3 is 2.60 bits per heavy atom. The maximum absolute atomic E-state index is 5.32. The van der Waals surface area contributed by atoms with Crippen LogP contribution < -0.4 is 0 Å². The summed E-state index contributed by atoms with van der Waals surface area (Å²) >= 11 is 0. The Labute approximate surface area is 63.1 Å². The van der Waals surface area contributed by atoms with E-state index >= 15 is 0 Å². The lowest BCUT2D eigenvalue weighted by molar-refractivity contribution is 0.0327. The van der Waals surface area contributed by atoms with Gasteiger partial charge in [-0.3, -0.25) is 0 Å². The third-order valence-electron chi connectivity index (χ3n) is 2.29. The lowest BCUT2D eigenvalue weighted by Gasteiger charge is -2.33. The van der Waals surface area contributed by atoms with Crippen molar-refractivity contribution in [3.05, 3.63) is 12.2 Å². The molecule has 0 amide bonds. The lowest BCUT2D eigenvalue weighted by atomic mass is 9.78. The second-order valence-corrected chi connectivity index (χ2v) is 3.61. The van der Waals surface area contributed by atoms with Gasteiger partial charge in [0.2, 0.25) is 0 Å². The van der Waals surface area contributed by atoms with E-state index < -0.39 is 0 Å². The van der Waals surface area contributed by atoms with Crippen LogP contribution in [-0.4, -0.2) is 13.2 Å². The number of hydrogen-bond donors (Lipinski definition) is 0. The first kappa shape index (κ1) is 7.80. The van der Waals surface area contributed by atoms with Crippen molar-refractivity contribution in [1.82, 2.24) is 0 Å². The van der Waals surface area contributed by atoms with Crippen LogP contribution in [0, 0.1) is 5.41 Å². The molecule has 58 valence electrons. The molecular formula is C9H16O. The monoisotopic (exact) mass is 140 g/mol. The van der Waals surface area contributed by atoms with E-state index in [-0.39, 0.29) is 0 Å².